The Morgan fingerprint density at radius 1 is 1.20 bits per heavy atom. The number of piperazine rings is 1. The molecule has 25 heavy (non-hydrogen) atoms. The van der Waals surface area contributed by atoms with Crippen molar-refractivity contribution in [3.05, 3.63) is 30.3 Å². The molecule has 5 nitrogen and oxygen atoms in total. The minimum absolute atomic E-state index is 0. The van der Waals surface area contributed by atoms with Crippen molar-refractivity contribution in [2.24, 2.45) is 10.9 Å². The van der Waals surface area contributed by atoms with Crippen molar-refractivity contribution in [1.82, 2.24) is 15.5 Å². The zero-order valence-electron chi connectivity index (χ0n) is 15.6. The van der Waals surface area contributed by atoms with Crippen molar-refractivity contribution in [3.8, 4) is 0 Å². The second-order valence-electron chi connectivity index (χ2n) is 7.12. The molecule has 0 radical (unpaired) electrons. The van der Waals surface area contributed by atoms with Crippen LogP contribution in [0.15, 0.2) is 35.3 Å². The number of nitrogens with zero attached hydrogens (tertiary/aromatic N) is 3. The molecule has 1 aliphatic heterocycles. The highest BCUT2D eigenvalue weighted by atomic mass is 127. The van der Waals surface area contributed by atoms with Gasteiger partial charge in [-0.15, -0.1) is 24.0 Å². The number of anilines is 1. The summed E-state index contributed by atoms with van der Waals surface area (Å²) < 4.78 is 0. The van der Waals surface area contributed by atoms with Crippen LogP contribution in [0.25, 0.3) is 0 Å². The number of aliphatic imine (C=N–C) groups is 1. The molecule has 1 aromatic carbocycles. The molecule has 1 saturated heterocycles. The first-order chi connectivity index (χ1) is 11.7. The highest BCUT2D eigenvalue weighted by Crippen LogP contribution is 2.28. The number of para-hydroxylation sites is 1. The Bertz CT molecular complexity index is 542. The van der Waals surface area contributed by atoms with E-state index in [-0.39, 0.29) is 24.0 Å². The van der Waals surface area contributed by atoms with E-state index in [9.17, 15) is 0 Å². The third-order valence-electron chi connectivity index (χ3n) is 5.28. The lowest BCUT2D eigenvalue weighted by Gasteiger charge is -2.39. The fourth-order valence-corrected chi connectivity index (χ4v) is 3.33. The molecule has 3 atom stereocenters. The Morgan fingerprint density at radius 2 is 1.84 bits per heavy atom. The zero-order chi connectivity index (χ0) is 16.9. The molecule has 2 fully saturated rings. The number of nitrogens with one attached hydrogen (secondary N) is 2. The van der Waals surface area contributed by atoms with Gasteiger partial charge in [-0.25, -0.2) is 0 Å². The van der Waals surface area contributed by atoms with Crippen molar-refractivity contribution in [2.45, 2.75) is 32.4 Å². The van der Waals surface area contributed by atoms with E-state index in [0.717, 1.165) is 44.6 Å². The maximum absolute atomic E-state index is 4.34. The van der Waals surface area contributed by atoms with E-state index in [2.05, 4.69) is 69.6 Å². The van der Waals surface area contributed by atoms with Crippen LogP contribution in [0.5, 0.6) is 0 Å². The van der Waals surface area contributed by atoms with Crippen LogP contribution in [0, 0.1) is 5.92 Å². The van der Waals surface area contributed by atoms with Crippen molar-refractivity contribution < 1.29 is 0 Å². The van der Waals surface area contributed by atoms with Gasteiger partial charge in [0, 0.05) is 57.5 Å². The number of hydrogen-bond donors (Lipinski definition) is 2. The van der Waals surface area contributed by atoms with Gasteiger partial charge < -0.3 is 15.5 Å². The molecule has 2 N–H and O–H groups in total. The van der Waals surface area contributed by atoms with Crippen LogP contribution in [-0.4, -0.2) is 62.7 Å². The average molecular weight is 457 g/mol. The molecule has 1 aromatic rings. The molecule has 0 amide bonds. The molecule has 1 saturated carbocycles. The lowest BCUT2D eigenvalue weighted by Crippen LogP contribution is -2.53. The van der Waals surface area contributed by atoms with Crippen LogP contribution < -0.4 is 15.5 Å². The van der Waals surface area contributed by atoms with Crippen LogP contribution in [-0.2, 0) is 0 Å². The third kappa shape index (κ3) is 5.74. The molecule has 0 bridgehead atoms. The smallest absolute Gasteiger partial charge is 0.191 e. The topological polar surface area (TPSA) is 42.9 Å². The van der Waals surface area contributed by atoms with Gasteiger partial charge in [-0.1, -0.05) is 25.1 Å². The van der Waals surface area contributed by atoms with Crippen LogP contribution in [0.3, 0.4) is 0 Å². The molecular weight excluding hydrogens is 425 g/mol. The second-order valence-corrected chi connectivity index (χ2v) is 7.12. The Labute approximate surface area is 169 Å². The van der Waals surface area contributed by atoms with Gasteiger partial charge in [-0.2, -0.15) is 0 Å². The van der Waals surface area contributed by atoms with Crippen molar-refractivity contribution in [2.75, 3.05) is 44.7 Å². The fraction of sp³-hybridized carbons (Fsp3) is 0.632. The van der Waals surface area contributed by atoms with Gasteiger partial charge in [0.1, 0.15) is 0 Å². The highest BCUT2D eigenvalue weighted by Gasteiger charge is 2.33. The van der Waals surface area contributed by atoms with Gasteiger partial charge in [0.05, 0.1) is 0 Å². The normalized spacial score (nSPS) is 25.1. The van der Waals surface area contributed by atoms with Crippen molar-refractivity contribution in [3.63, 3.8) is 0 Å². The number of benzene rings is 1. The number of hydrogen-bond acceptors (Lipinski definition) is 3. The van der Waals surface area contributed by atoms with E-state index in [1.807, 2.05) is 7.05 Å². The summed E-state index contributed by atoms with van der Waals surface area (Å²) in [6, 6.07) is 11.8. The summed E-state index contributed by atoms with van der Waals surface area (Å²) in [6.07, 6.45) is 1.26. The zero-order valence-corrected chi connectivity index (χ0v) is 17.9. The van der Waals surface area contributed by atoms with E-state index in [4.69, 9.17) is 0 Å². The molecule has 3 rings (SSSR count). The first-order valence-electron chi connectivity index (χ1n) is 9.18. The largest absolute Gasteiger partial charge is 0.369 e. The summed E-state index contributed by atoms with van der Waals surface area (Å²) >= 11 is 0. The summed E-state index contributed by atoms with van der Waals surface area (Å²) in [5, 5.41) is 6.97. The van der Waals surface area contributed by atoms with Crippen LogP contribution in [0.1, 0.15) is 20.3 Å². The second kappa shape index (κ2) is 9.62. The minimum Gasteiger partial charge on any atom is -0.369 e. The fourth-order valence-electron chi connectivity index (χ4n) is 3.33. The molecule has 6 heteroatoms. The monoisotopic (exact) mass is 457 g/mol. The summed E-state index contributed by atoms with van der Waals surface area (Å²) in [6.45, 7) is 9.94. The summed E-state index contributed by atoms with van der Waals surface area (Å²) in [7, 11) is 1.85. The van der Waals surface area contributed by atoms with E-state index in [0.29, 0.717) is 12.1 Å². The number of halogens is 1. The van der Waals surface area contributed by atoms with Crippen LogP contribution >= 0.6 is 24.0 Å². The standard InChI is InChI=1S/C19H31N5.HI/c1-15-13-18(15)22-19(20-3)21-14-16(2)23-9-11-24(12-10-23)17-7-5-4-6-8-17;/h4-8,15-16,18H,9-14H2,1-3H3,(H2,20,21,22);1H. The summed E-state index contributed by atoms with van der Waals surface area (Å²) in [4.78, 5) is 9.39. The van der Waals surface area contributed by atoms with Gasteiger partial charge in [-0.05, 0) is 31.4 Å². The van der Waals surface area contributed by atoms with E-state index < -0.39 is 0 Å². The summed E-state index contributed by atoms with van der Waals surface area (Å²) in [5.74, 6) is 1.73. The predicted octanol–water partition coefficient (Wildman–Crippen LogP) is 2.39. The maximum atomic E-state index is 4.34. The molecule has 1 aliphatic carbocycles. The molecule has 3 unspecified atom stereocenters. The van der Waals surface area contributed by atoms with Crippen LogP contribution in [0.2, 0.25) is 0 Å². The Balaban J connectivity index is 0.00000225. The van der Waals surface area contributed by atoms with Crippen molar-refractivity contribution >= 4 is 35.6 Å². The van der Waals surface area contributed by atoms with Gasteiger partial charge in [-0.3, -0.25) is 9.89 Å². The molecule has 140 valence electrons. The summed E-state index contributed by atoms with van der Waals surface area (Å²) in [5.41, 5.74) is 1.34. The van der Waals surface area contributed by atoms with E-state index in [1.54, 1.807) is 0 Å². The van der Waals surface area contributed by atoms with Gasteiger partial charge in [0.2, 0.25) is 0 Å². The Morgan fingerprint density at radius 3 is 2.40 bits per heavy atom. The first kappa shape index (κ1) is 20.3. The molecule has 1 heterocycles. The average Bonchev–Trinajstić information content (AvgIpc) is 3.34. The lowest BCUT2D eigenvalue weighted by atomic mass is 10.2. The van der Waals surface area contributed by atoms with Gasteiger partial charge >= 0.3 is 0 Å². The predicted molar refractivity (Wildman–Crippen MR) is 117 cm³/mol. The van der Waals surface area contributed by atoms with E-state index in [1.165, 1.54) is 12.1 Å². The minimum atomic E-state index is 0. The number of rotatable bonds is 5. The SMILES string of the molecule is CN=C(NCC(C)N1CCN(c2ccccc2)CC1)NC1CC1C.I. The van der Waals surface area contributed by atoms with Gasteiger partial charge in [0.25, 0.3) is 0 Å². The number of guanidine groups is 1. The Kier molecular flexibility index (Phi) is 7.81. The quantitative estimate of drug-likeness (QED) is 0.405. The first-order valence-corrected chi connectivity index (χ1v) is 9.18. The molecule has 0 spiro atoms. The van der Waals surface area contributed by atoms with Crippen LogP contribution in [0.4, 0.5) is 5.69 Å². The Hall–Kier alpha value is -1.02. The lowest BCUT2D eigenvalue weighted by molar-refractivity contribution is 0.197. The molecule has 0 aromatic heterocycles. The van der Waals surface area contributed by atoms with Crippen molar-refractivity contribution in [1.29, 1.82) is 0 Å². The molecule has 2 aliphatic rings. The maximum Gasteiger partial charge on any atom is 0.191 e. The van der Waals surface area contributed by atoms with Gasteiger partial charge in [0.15, 0.2) is 5.96 Å². The highest BCUT2D eigenvalue weighted by molar-refractivity contribution is 14.0. The van der Waals surface area contributed by atoms with E-state index >= 15 is 0 Å². The molecular formula is C19H32IN5. The third-order valence-corrected chi connectivity index (χ3v) is 5.28.